The lowest BCUT2D eigenvalue weighted by molar-refractivity contribution is -0.147. The molecule has 10 nitrogen and oxygen atoms in total. The molecule has 1 fully saturated rings. The number of ether oxygens (including phenoxy) is 4. The van der Waals surface area contributed by atoms with E-state index in [9.17, 15) is 24.3 Å². The van der Waals surface area contributed by atoms with E-state index in [4.69, 9.17) is 24.7 Å². The molecule has 1 aliphatic rings. The van der Waals surface area contributed by atoms with Gasteiger partial charge in [-0.05, 0) is 89.8 Å². The van der Waals surface area contributed by atoms with Gasteiger partial charge in [0.25, 0.3) is 0 Å². The number of esters is 2. The van der Waals surface area contributed by atoms with Crippen LogP contribution in [0.5, 0.6) is 11.5 Å². The first-order valence-corrected chi connectivity index (χ1v) is 14.5. The summed E-state index contributed by atoms with van der Waals surface area (Å²) in [5.41, 5.74) is 4.94. The lowest BCUT2D eigenvalue weighted by Crippen LogP contribution is -2.41. The second kappa shape index (κ2) is 14.7. The predicted octanol–water partition coefficient (Wildman–Crippen LogP) is 5.99. The van der Waals surface area contributed by atoms with E-state index in [1.807, 2.05) is 13.8 Å². The highest BCUT2D eigenvalue weighted by molar-refractivity contribution is 5.81. The summed E-state index contributed by atoms with van der Waals surface area (Å²) in [6.07, 6.45) is 4.73. The normalized spacial score (nSPS) is 16.7. The highest BCUT2D eigenvalue weighted by atomic mass is 16.7. The molecule has 0 aromatic heterocycles. The first-order valence-electron chi connectivity index (χ1n) is 14.5. The Bertz CT molecular complexity index is 1080. The largest absolute Gasteiger partial charge is 0.508 e. The van der Waals surface area contributed by atoms with E-state index in [1.54, 1.807) is 40.7 Å². The molecule has 0 spiro atoms. The molecule has 1 aromatic carbocycles. The van der Waals surface area contributed by atoms with Gasteiger partial charge in [0.1, 0.15) is 12.1 Å². The monoisotopic (exact) mass is 577 g/mol. The van der Waals surface area contributed by atoms with Gasteiger partial charge in [-0.2, -0.15) is 0 Å². The Balaban J connectivity index is 2.38. The molecule has 0 saturated heterocycles. The highest BCUT2D eigenvalue weighted by Crippen LogP contribution is 2.38. The number of carbonyl (C=O) groups excluding carboxylic acids is 3. The van der Waals surface area contributed by atoms with E-state index < -0.39 is 52.8 Å². The number of rotatable bonds is 13. The van der Waals surface area contributed by atoms with Crippen LogP contribution in [0.25, 0.3) is 0 Å². The summed E-state index contributed by atoms with van der Waals surface area (Å²) in [5.74, 6) is -3.68. The zero-order chi connectivity index (χ0) is 31.0. The van der Waals surface area contributed by atoms with Crippen molar-refractivity contribution in [1.82, 2.24) is 0 Å². The maximum absolute atomic E-state index is 13.0. The quantitative estimate of drug-likeness (QED) is 0.211. The first kappa shape index (κ1) is 34.1. The molecule has 3 N–H and O–H groups in total. The summed E-state index contributed by atoms with van der Waals surface area (Å²) < 4.78 is 22.2. The van der Waals surface area contributed by atoms with Gasteiger partial charge in [0.2, 0.25) is 0 Å². The average Bonchev–Trinajstić information content (AvgIpc) is 2.93. The van der Waals surface area contributed by atoms with Crippen molar-refractivity contribution in [3.8, 4) is 11.5 Å². The van der Waals surface area contributed by atoms with Crippen LogP contribution in [-0.2, 0) is 23.9 Å². The summed E-state index contributed by atoms with van der Waals surface area (Å²) >= 11 is 0. The van der Waals surface area contributed by atoms with Crippen LogP contribution in [0, 0.1) is 16.7 Å². The molecule has 0 heterocycles. The third-order valence-corrected chi connectivity index (χ3v) is 8.20. The zero-order valence-corrected chi connectivity index (χ0v) is 25.5. The van der Waals surface area contributed by atoms with Gasteiger partial charge in [0.05, 0.1) is 17.4 Å². The van der Waals surface area contributed by atoms with Gasteiger partial charge < -0.3 is 29.8 Å². The van der Waals surface area contributed by atoms with Crippen molar-refractivity contribution in [2.75, 3.05) is 6.61 Å². The minimum Gasteiger partial charge on any atom is -0.480 e. The number of aliphatic carboxylic acids is 1. The number of benzene rings is 1. The fourth-order valence-corrected chi connectivity index (χ4v) is 4.36. The molecule has 0 amide bonds. The van der Waals surface area contributed by atoms with Crippen molar-refractivity contribution in [3.05, 3.63) is 23.8 Å². The smallest absolute Gasteiger partial charge is 0.480 e. The van der Waals surface area contributed by atoms with Crippen molar-refractivity contribution >= 4 is 24.1 Å². The van der Waals surface area contributed by atoms with Gasteiger partial charge in [0, 0.05) is 5.92 Å². The van der Waals surface area contributed by atoms with E-state index in [1.165, 1.54) is 12.1 Å². The number of hydrogen-bond donors (Lipinski definition) is 2. The van der Waals surface area contributed by atoms with Crippen molar-refractivity contribution in [1.29, 1.82) is 0 Å². The highest BCUT2D eigenvalue weighted by Gasteiger charge is 2.35. The molecule has 1 aliphatic carbocycles. The fourth-order valence-electron chi connectivity index (χ4n) is 4.36. The Morgan fingerprint density at radius 3 is 1.98 bits per heavy atom. The van der Waals surface area contributed by atoms with Crippen LogP contribution in [0.2, 0.25) is 0 Å². The van der Waals surface area contributed by atoms with Crippen LogP contribution in [0.15, 0.2) is 18.2 Å². The maximum Gasteiger partial charge on any atom is 0.508 e. The molecular weight excluding hydrogens is 530 g/mol. The molecule has 3 atom stereocenters. The average molecular weight is 578 g/mol. The van der Waals surface area contributed by atoms with E-state index in [2.05, 4.69) is 0 Å². The third-order valence-electron chi connectivity index (χ3n) is 8.20. The Morgan fingerprint density at radius 1 is 0.927 bits per heavy atom. The van der Waals surface area contributed by atoms with Gasteiger partial charge in [0.15, 0.2) is 11.5 Å². The minimum atomic E-state index is -1.37. The number of carboxylic acid groups (broad SMARTS) is 1. The van der Waals surface area contributed by atoms with Crippen LogP contribution in [0.3, 0.4) is 0 Å². The lowest BCUT2D eigenvalue weighted by Gasteiger charge is -2.29. The number of carbonyl (C=O) groups is 4. The molecule has 0 radical (unpaired) electrons. The molecule has 10 heteroatoms. The van der Waals surface area contributed by atoms with E-state index >= 15 is 0 Å². The van der Waals surface area contributed by atoms with E-state index in [-0.39, 0.29) is 24.2 Å². The lowest BCUT2D eigenvalue weighted by atomic mass is 9.82. The van der Waals surface area contributed by atoms with Crippen LogP contribution in [0.4, 0.5) is 4.79 Å². The Morgan fingerprint density at radius 2 is 1.46 bits per heavy atom. The molecule has 1 aromatic rings. The fraction of sp³-hybridized carbons (Fsp3) is 0.677. The Hall–Kier alpha value is -3.14. The zero-order valence-electron chi connectivity index (χ0n) is 25.5. The summed E-state index contributed by atoms with van der Waals surface area (Å²) in [7, 11) is 0. The second-order valence-electron chi connectivity index (χ2n) is 12.3. The Labute approximate surface area is 243 Å². The van der Waals surface area contributed by atoms with Crippen LogP contribution in [-0.4, -0.2) is 47.9 Å². The third kappa shape index (κ3) is 9.45. The van der Waals surface area contributed by atoms with Crippen molar-refractivity contribution in [3.63, 3.8) is 0 Å². The summed E-state index contributed by atoms with van der Waals surface area (Å²) in [4.78, 5) is 50.2. The number of carboxylic acids is 1. The van der Waals surface area contributed by atoms with Crippen LogP contribution < -0.4 is 15.2 Å². The van der Waals surface area contributed by atoms with E-state index in [0.29, 0.717) is 18.4 Å². The first-order chi connectivity index (χ1) is 19.1. The van der Waals surface area contributed by atoms with Gasteiger partial charge in [-0.15, -0.1) is 0 Å². The number of nitrogens with two attached hydrogens (primary N) is 1. The molecule has 2 rings (SSSR count). The summed E-state index contributed by atoms with van der Waals surface area (Å²) in [5, 5.41) is 9.79. The van der Waals surface area contributed by atoms with Crippen LogP contribution in [0.1, 0.15) is 105 Å². The number of hydrogen-bond acceptors (Lipinski definition) is 9. The second-order valence-corrected chi connectivity index (χ2v) is 12.3. The molecule has 0 bridgehead atoms. The van der Waals surface area contributed by atoms with Gasteiger partial charge in [-0.25, -0.2) is 4.79 Å². The molecule has 1 saturated carbocycles. The molecular formula is C31H47NO9. The van der Waals surface area contributed by atoms with E-state index in [0.717, 1.165) is 32.1 Å². The molecule has 0 aliphatic heterocycles. The Kier molecular flexibility index (Phi) is 12.2. The topological polar surface area (TPSA) is 151 Å². The van der Waals surface area contributed by atoms with Crippen molar-refractivity contribution < 1.29 is 43.2 Å². The van der Waals surface area contributed by atoms with Gasteiger partial charge in [-0.3, -0.25) is 14.4 Å². The molecule has 41 heavy (non-hydrogen) atoms. The molecule has 2 unspecified atom stereocenters. The minimum absolute atomic E-state index is 0.0262. The van der Waals surface area contributed by atoms with Crippen molar-refractivity contribution in [2.45, 2.75) is 111 Å². The van der Waals surface area contributed by atoms with Crippen molar-refractivity contribution in [2.24, 2.45) is 22.5 Å². The maximum atomic E-state index is 13.0. The standard InChI is InChI=1S/C31H47NO9/c1-8-30(4,5)27(35)40-22-16-15-20(17-23(22)41-28(36)31(6,7)9-2)24(25(32)26(33)34)19(3)18-38-29(37)39-21-13-11-10-12-14-21/h15-17,19,21,24-25H,8-14,18,32H2,1-7H3,(H,33,34)/t19?,24?,25-/m0/s1. The van der Waals surface area contributed by atoms with Gasteiger partial charge in [-0.1, -0.05) is 33.3 Å². The molecule has 230 valence electrons. The SMILES string of the molecule is CCC(C)(C)C(=O)Oc1ccc(C(C(C)COC(=O)OC2CCCCC2)[C@H](N)C(=O)O)cc1OC(=O)C(C)(C)CC. The van der Waals surface area contributed by atoms with Gasteiger partial charge >= 0.3 is 24.1 Å². The summed E-state index contributed by atoms with van der Waals surface area (Å²) in [6.45, 7) is 12.3. The predicted molar refractivity (Wildman–Crippen MR) is 153 cm³/mol. The van der Waals surface area contributed by atoms with Crippen LogP contribution >= 0.6 is 0 Å². The summed E-state index contributed by atoms with van der Waals surface area (Å²) in [6, 6.07) is 3.14.